The Balaban J connectivity index is 0.00000133. The van der Waals surface area contributed by atoms with Crippen molar-refractivity contribution in [1.82, 2.24) is 10.6 Å². The van der Waals surface area contributed by atoms with Crippen LogP contribution in [0, 0.1) is 0 Å². The smallest absolute Gasteiger partial charge is 0.261 e. The Kier molecular flexibility index (Phi) is 5.25. The van der Waals surface area contributed by atoms with Gasteiger partial charge in [-0.2, -0.15) is 0 Å². The van der Waals surface area contributed by atoms with E-state index in [0.717, 1.165) is 30.8 Å². The lowest BCUT2D eigenvalue weighted by molar-refractivity contribution is 0.0956. The van der Waals surface area contributed by atoms with Crippen LogP contribution >= 0.6 is 23.7 Å². The second-order valence-electron chi connectivity index (χ2n) is 5.25. The molecule has 1 saturated heterocycles. The molecule has 0 bridgehead atoms. The van der Waals surface area contributed by atoms with Crippen LogP contribution in [-0.4, -0.2) is 25.0 Å². The summed E-state index contributed by atoms with van der Waals surface area (Å²) in [6.45, 7) is 1.93. The molecule has 1 amide bonds. The number of fused-ring (bicyclic) bond motifs is 1. The predicted molar refractivity (Wildman–Crippen MR) is 81.6 cm³/mol. The molecule has 1 aliphatic heterocycles. The molecule has 5 heteroatoms. The van der Waals surface area contributed by atoms with Crippen molar-refractivity contribution in [2.75, 3.05) is 13.1 Å². The lowest BCUT2D eigenvalue weighted by Gasteiger charge is -2.10. The first-order chi connectivity index (χ1) is 8.83. The van der Waals surface area contributed by atoms with E-state index in [1.54, 1.807) is 11.3 Å². The number of amides is 1. The van der Waals surface area contributed by atoms with Gasteiger partial charge < -0.3 is 10.6 Å². The van der Waals surface area contributed by atoms with Gasteiger partial charge in [-0.1, -0.05) is 0 Å². The Morgan fingerprint density at radius 1 is 1.42 bits per heavy atom. The first-order valence-electron chi connectivity index (χ1n) is 6.96. The molecule has 0 unspecified atom stereocenters. The fourth-order valence-corrected chi connectivity index (χ4v) is 4.06. The van der Waals surface area contributed by atoms with Crippen molar-refractivity contribution in [3.8, 4) is 0 Å². The van der Waals surface area contributed by atoms with Gasteiger partial charge in [-0.25, -0.2) is 0 Å². The monoisotopic (exact) mass is 300 g/mol. The molecule has 2 aliphatic rings. The summed E-state index contributed by atoms with van der Waals surface area (Å²) in [4.78, 5) is 14.3. The van der Waals surface area contributed by atoms with Crippen molar-refractivity contribution >= 4 is 29.7 Å². The zero-order valence-corrected chi connectivity index (χ0v) is 12.7. The molecule has 3 nitrogen and oxygen atoms in total. The summed E-state index contributed by atoms with van der Waals surface area (Å²) >= 11 is 1.69. The van der Waals surface area contributed by atoms with Gasteiger partial charge in [-0.15, -0.1) is 23.7 Å². The van der Waals surface area contributed by atoms with Gasteiger partial charge in [0.05, 0.1) is 4.88 Å². The highest BCUT2D eigenvalue weighted by Gasteiger charge is 2.19. The quantitative estimate of drug-likeness (QED) is 0.897. The molecule has 1 atom stereocenters. The van der Waals surface area contributed by atoms with Crippen molar-refractivity contribution in [3.63, 3.8) is 0 Å². The maximum absolute atomic E-state index is 12.0. The first kappa shape index (κ1) is 14.8. The van der Waals surface area contributed by atoms with E-state index < -0.39 is 0 Å². The fourth-order valence-electron chi connectivity index (χ4n) is 2.89. The number of hydrogen-bond acceptors (Lipinski definition) is 3. The minimum atomic E-state index is 0. The van der Waals surface area contributed by atoms with Crippen LogP contribution in [0.3, 0.4) is 0 Å². The zero-order valence-electron chi connectivity index (χ0n) is 11.0. The van der Waals surface area contributed by atoms with Crippen LogP contribution in [0.25, 0.3) is 0 Å². The number of halogens is 1. The van der Waals surface area contributed by atoms with Crippen LogP contribution in [0.5, 0.6) is 0 Å². The van der Waals surface area contributed by atoms with Crippen molar-refractivity contribution < 1.29 is 4.79 Å². The average molecular weight is 301 g/mol. The maximum atomic E-state index is 12.0. The number of aryl methyl sites for hydroxylation is 2. The highest BCUT2D eigenvalue weighted by atomic mass is 35.5. The van der Waals surface area contributed by atoms with Gasteiger partial charge in [0.2, 0.25) is 0 Å². The third kappa shape index (κ3) is 3.50. The average Bonchev–Trinajstić information content (AvgIpc) is 3.04. The Bertz CT molecular complexity index is 419. The van der Waals surface area contributed by atoms with E-state index in [-0.39, 0.29) is 18.3 Å². The highest BCUT2D eigenvalue weighted by Crippen LogP contribution is 2.30. The molecule has 1 fully saturated rings. The van der Waals surface area contributed by atoms with Crippen molar-refractivity contribution in [2.24, 2.45) is 0 Å². The lowest BCUT2D eigenvalue weighted by atomic mass is 10.1. The predicted octanol–water partition coefficient (Wildman–Crippen LogP) is 2.53. The summed E-state index contributed by atoms with van der Waals surface area (Å²) < 4.78 is 0. The lowest BCUT2D eigenvalue weighted by Crippen LogP contribution is -2.30. The molecule has 1 aliphatic carbocycles. The van der Waals surface area contributed by atoms with Crippen molar-refractivity contribution in [1.29, 1.82) is 0 Å². The number of carbonyl (C=O) groups excluding carboxylic acids is 1. The minimum Gasteiger partial charge on any atom is -0.351 e. The van der Waals surface area contributed by atoms with E-state index in [1.807, 2.05) is 0 Å². The topological polar surface area (TPSA) is 41.1 Å². The molecule has 0 spiro atoms. The normalized spacial score (nSPS) is 20.9. The number of rotatable bonds is 4. The summed E-state index contributed by atoms with van der Waals surface area (Å²) in [5, 5.41) is 6.50. The SMILES string of the molecule is Cl.O=C(NCC[C@H]1CCCN1)c1cc2c(s1)CCC2. The fraction of sp³-hybridized carbons (Fsp3) is 0.643. The van der Waals surface area contributed by atoms with Gasteiger partial charge in [0.15, 0.2) is 0 Å². The van der Waals surface area contributed by atoms with Gasteiger partial charge >= 0.3 is 0 Å². The Labute approximate surface area is 124 Å². The van der Waals surface area contributed by atoms with E-state index in [4.69, 9.17) is 0 Å². The van der Waals surface area contributed by atoms with Crippen LogP contribution in [0.2, 0.25) is 0 Å². The Morgan fingerprint density at radius 3 is 3.05 bits per heavy atom. The number of carbonyl (C=O) groups is 1. The number of nitrogens with one attached hydrogen (secondary N) is 2. The van der Waals surface area contributed by atoms with Crippen LogP contribution in [0.15, 0.2) is 6.07 Å². The molecule has 1 aromatic rings. The molecule has 0 radical (unpaired) electrons. The second kappa shape index (κ2) is 6.73. The van der Waals surface area contributed by atoms with E-state index in [0.29, 0.717) is 6.04 Å². The van der Waals surface area contributed by atoms with Crippen molar-refractivity contribution in [2.45, 2.75) is 44.6 Å². The molecular weight excluding hydrogens is 280 g/mol. The third-order valence-corrected chi connectivity index (χ3v) is 5.15. The molecule has 0 aromatic carbocycles. The Hall–Kier alpha value is -0.580. The molecule has 2 N–H and O–H groups in total. The van der Waals surface area contributed by atoms with Gasteiger partial charge in [-0.05, 0) is 56.7 Å². The second-order valence-corrected chi connectivity index (χ2v) is 6.39. The van der Waals surface area contributed by atoms with Crippen molar-refractivity contribution in [3.05, 3.63) is 21.4 Å². The Morgan fingerprint density at radius 2 is 2.32 bits per heavy atom. The van der Waals surface area contributed by atoms with Crippen LogP contribution in [0.1, 0.15) is 45.8 Å². The summed E-state index contributed by atoms with van der Waals surface area (Å²) in [5.74, 6) is 0.118. The van der Waals surface area contributed by atoms with Gasteiger partial charge in [0.25, 0.3) is 5.91 Å². The number of thiophene rings is 1. The molecule has 2 heterocycles. The summed E-state index contributed by atoms with van der Waals surface area (Å²) in [7, 11) is 0. The standard InChI is InChI=1S/C14H20N2OS.ClH/c17-14(16-8-6-11-4-2-7-15-11)13-9-10-3-1-5-12(10)18-13;/h9,11,15H,1-8H2,(H,16,17);1H/t11-;/m1./s1. The zero-order chi connectivity index (χ0) is 12.4. The van der Waals surface area contributed by atoms with E-state index in [9.17, 15) is 4.79 Å². The number of hydrogen-bond donors (Lipinski definition) is 2. The summed E-state index contributed by atoms with van der Waals surface area (Å²) in [5.41, 5.74) is 1.41. The maximum Gasteiger partial charge on any atom is 0.261 e. The third-order valence-electron chi connectivity index (χ3n) is 3.91. The van der Waals surface area contributed by atoms with E-state index >= 15 is 0 Å². The first-order valence-corrected chi connectivity index (χ1v) is 7.78. The molecule has 19 heavy (non-hydrogen) atoms. The van der Waals surface area contributed by atoms with Gasteiger partial charge in [-0.3, -0.25) is 4.79 Å². The van der Waals surface area contributed by atoms with Gasteiger partial charge in [0.1, 0.15) is 0 Å². The summed E-state index contributed by atoms with van der Waals surface area (Å²) in [6, 6.07) is 2.70. The molecule has 106 valence electrons. The minimum absolute atomic E-state index is 0. The summed E-state index contributed by atoms with van der Waals surface area (Å²) in [6.07, 6.45) is 7.16. The largest absolute Gasteiger partial charge is 0.351 e. The van der Waals surface area contributed by atoms with Gasteiger partial charge in [0, 0.05) is 17.5 Å². The highest BCUT2D eigenvalue weighted by molar-refractivity contribution is 7.14. The van der Waals surface area contributed by atoms with Crippen LogP contribution in [0.4, 0.5) is 0 Å². The van der Waals surface area contributed by atoms with E-state index in [2.05, 4.69) is 16.7 Å². The molecule has 1 aromatic heterocycles. The molecule has 3 rings (SSSR count). The molecular formula is C14H21ClN2OS. The van der Waals surface area contributed by atoms with Crippen LogP contribution < -0.4 is 10.6 Å². The van der Waals surface area contributed by atoms with Crippen LogP contribution in [-0.2, 0) is 12.8 Å². The molecule has 0 saturated carbocycles. The van der Waals surface area contributed by atoms with E-state index in [1.165, 1.54) is 36.1 Å².